The molecule has 0 aromatic carbocycles. The minimum absolute atomic E-state index is 0.0964. The Morgan fingerprint density at radius 1 is 1.20 bits per heavy atom. The first-order valence-corrected chi connectivity index (χ1v) is 6.22. The van der Waals surface area contributed by atoms with Gasteiger partial charge in [0, 0.05) is 27.2 Å². The second-order valence-corrected chi connectivity index (χ2v) is 4.62. The van der Waals surface area contributed by atoms with E-state index < -0.39 is 24.0 Å². The summed E-state index contributed by atoms with van der Waals surface area (Å²) in [5.74, 6) is -1.72. The van der Waals surface area contributed by atoms with Gasteiger partial charge >= 0.3 is 18.0 Å². The van der Waals surface area contributed by atoms with Crippen LogP contribution in [0.3, 0.4) is 0 Å². The molecule has 1 heterocycles. The normalized spacial score (nSPS) is 21.1. The molecule has 4 N–H and O–H groups in total. The number of carbonyl (C=O) groups excluding carboxylic acids is 2. The Balaban J connectivity index is 2.20. The van der Waals surface area contributed by atoms with Gasteiger partial charge in [0.1, 0.15) is 5.92 Å². The van der Waals surface area contributed by atoms with Gasteiger partial charge < -0.3 is 30.7 Å². The fourth-order valence-corrected chi connectivity index (χ4v) is 1.66. The third kappa shape index (κ3) is 4.92. The predicted molar refractivity (Wildman–Crippen MR) is 69.4 cm³/mol. The molecule has 114 valence electrons. The van der Waals surface area contributed by atoms with Crippen molar-refractivity contribution >= 4 is 18.0 Å². The van der Waals surface area contributed by atoms with E-state index in [2.05, 4.69) is 16.0 Å². The van der Waals surface area contributed by atoms with Crippen LogP contribution in [0, 0.1) is 5.92 Å². The van der Waals surface area contributed by atoms with Gasteiger partial charge in [-0.15, -0.1) is 0 Å². The SMILES string of the molecule is CN(C)C(=O)NCCNC(=O)NC1COCC1C(=O)O. The maximum absolute atomic E-state index is 11.6. The molecule has 2 atom stereocenters. The molecule has 0 radical (unpaired) electrons. The molecule has 1 saturated heterocycles. The number of urea groups is 2. The Labute approximate surface area is 116 Å². The van der Waals surface area contributed by atoms with E-state index in [1.165, 1.54) is 4.90 Å². The zero-order valence-corrected chi connectivity index (χ0v) is 11.5. The highest BCUT2D eigenvalue weighted by molar-refractivity contribution is 5.77. The average Bonchev–Trinajstić information content (AvgIpc) is 2.82. The first-order chi connectivity index (χ1) is 9.41. The molecule has 1 aliphatic rings. The molecule has 1 aliphatic heterocycles. The van der Waals surface area contributed by atoms with E-state index in [1.54, 1.807) is 14.1 Å². The van der Waals surface area contributed by atoms with Gasteiger partial charge in [-0.2, -0.15) is 0 Å². The van der Waals surface area contributed by atoms with Crippen LogP contribution in [0.15, 0.2) is 0 Å². The smallest absolute Gasteiger partial charge is 0.316 e. The lowest BCUT2D eigenvalue weighted by atomic mass is 10.0. The third-order valence-electron chi connectivity index (χ3n) is 2.81. The molecule has 0 aromatic heterocycles. The molecular weight excluding hydrogens is 268 g/mol. The number of carboxylic acids is 1. The van der Waals surface area contributed by atoms with Gasteiger partial charge in [0.25, 0.3) is 0 Å². The highest BCUT2D eigenvalue weighted by Crippen LogP contribution is 2.13. The molecule has 2 unspecified atom stereocenters. The molecule has 0 aliphatic carbocycles. The number of amides is 4. The molecule has 0 spiro atoms. The maximum Gasteiger partial charge on any atom is 0.316 e. The molecule has 1 fully saturated rings. The van der Waals surface area contributed by atoms with Crippen molar-refractivity contribution in [3.05, 3.63) is 0 Å². The average molecular weight is 288 g/mol. The van der Waals surface area contributed by atoms with Crippen molar-refractivity contribution in [1.29, 1.82) is 0 Å². The molecule has 9 heteroatoms. The van der Waals surface area contributed by atoms with Gasteiger partial charge in [-0.3, -0.25) is 4.79 Å². The lowest BCUT2D eigenvalue weighted by Crippen LogP contribution is -2.48. The highest BCUT2D eigenvalue weighted by Gasteiger charge is 2.34. The Kier molecular flexibility index (Phi) is 6.04. The monoisotopic (exact) mass is 288 g/mol. The van der Waals surface area contributed by atoms with Crippen LogP contribution in [0.25, 0.3) is 0 Å². The van der Waals surface area contributed by atoms with E-state index in [4.69, 9.17) is 9.84 Å². The number of ether oxygens (including phenoxy) is 1. The highest BCUT2D eigenvalue weighted by atomic mass is 16.5. The number of carboxylic acid groups (broad SMARTS) is 1. The van der Waals surface area contributed by atoms with E-state index in [1.807, 2.05) is 0 Å². The lowest BCUT2D eigenvalue weighted by Gasteiger charge is -2.16. The van der Waals surface area contributed by atoms with E-state index in [0.717, 1.165) is 0 Å². The van der Waals surface area contributed by atoms with E-state index in [0.29, 0.717) is 0 Å². The summed E-state index contributed by atoms with van der Waals surface area (Å²) in [5.41, 5.74) is 0. The zero-order valence-electron chi connectivity index (χ0n) is 11.5. The standard InChI is InChI=1S/C11H20N4O5/c1-15(2)11(19)13-4-3-12-10(18)14-8-6-20-5-7(8)9(16)17/h7-8H,3-6H2,1-2H3,(H,13,19)(H,16,17)(H2,12,14,18). The molecule has 20 heavy (non-hydrogen) atoms. The fourth-order valence-electron chi connectivity index (χ4n) is 1.66. The first-order valence-electron chi connectivity index (χ1n) is 6.22. The second-order valence-electron chi connectivity index (χ2n) is 4.62. The molecule has 9 nitrogen and oxygen atoms in total. The Morgan fingerprint density at radius 3 is 2.45 bits per heavy atom. The van der Waals surface area contributed by atoms with Crippen LogP contribution >= 0.6 is 0 Å². The Bertz CT molecular complexity index is 374. The summed E-state index contributed by atoms with van der Waals surface area (Å²) < 4.78 is 5.03. The molecule has 0 aromatic rings. The van der Waals surface area contributed by atoms with Crippen molar-refractivity contribution in [2.45, 2.75) is 6.04 Å². The topological polar surface area (TPSA) is 120 Å². The Hall–Kier alpha value is -2.03. The maximum atomic E-state index is 11.6. The minimum Gasteiger partial charge on any atom is -0.481 e. The van der Waals surface area contributed by atoms with Crippen molar-refractivity contribution in [3.63, 3.8) is 0 Å². The fraction of sp³-hybridized carbons (Fsp3) is 0.727. The van der Waals surface area contributed by atoms with Gasteiger partial charge in [0.2, 0.25) is 0 Å². The first kappa shape index (κ1) is 16.0. The van der Waals surface area contributed by atoms with Crippen molar-refractivity contribution in [2.24, 2.45) is 5.92 Å². The van der Waals surface area contributed by atoms with Gasteiger partial charge in [-0.25, -0.2) is 9.59 Å². The summed E-state index contributed by atoms with van der Waals surface area (Å²) in [7, 11) is 3.23. The van der Waals surface area contributed by atoms with Crippen LogP contribution < -0.4 is 16.0 Å². The minimum atomic E-state index is -0.994. The molecule has 1 rings (SSSR count). The van der Waals surface area contributed by atoms with E-state index in [-0.39, 0.29) is 32.3 Å². The third-order valence-corrected chi connectivity index (χ3v) is 2.81. The number of aliphatic carboxylic acids is 1. The summed E-state index contributed by atoms with van der Waals surface area (Å²) in [6.07, 6.45) is 0. The van der Waals surface area contributed by atoms with Crippen LogP contribution in [-0.2, 0) is 9.53 Å². The largest absolute Gasteiger partial charge is 0.481 e. The van der Waals surface area contributed by atoms with Crippen molar-refractivity contribution in [3.8, 4) is 0 Å². The summed E-state index contributed by atoms with van der Waals surface area (Å²) in [5, 5.41) is 16.6. The molecule has 0 saturated carbocycles. The lowest BCUT2D eigenvalue weighted by molar-refractivity contribution is -0.142. The summed E-state index contributed by atoms with van der Waals surface area (Å²) in [6, 6.07) is -1.27. The molecule has 4 amide bonds. The van der Waals surface area contributed by atoms with Gasteiger partial charge in [0.05, 0.1) is 19.3 Å². The van der Waals surface area contributed by atoms with Crippen LogP contribution in [0.1, 0.15) is 0 Å². The number of hydrogen-bond donors (Lipinski definition) is 4. The van der Waals surface area contributed by atoms with Gasteiger partial charge in [0.15, 0.2) is 0 Å². The van der Waals surface area contributed by atoms with E-state index in [9.17, 15) is 14.4 Å². The van der Waals surface area contributed by atoms with Crippen molar-refractivity contribution in [2.75, 3.05) is 40.4 Å². The van der Waals surface area contributed by atoms with Crippen molar-refractivity contribution in [1.82, 2.24) is 20.9 Å². The van der Waals surface area contributed by atoms with Crippen LogP contribution in [0.5, 0.6) is 0 Å². The second kappa shape index (κ2) is 7.53. The summed E-state index contributed by atoms with van der Waals surface area (Å²) in [4.78, 5) is 35.0. The Morgan fingerprint density at radius 2 is 1.85 bits per heavy atom. The number of carbonyl (C=O) groups is 3. The zero-order chi connectivity index (χ0) is 15.1. The van der Waals surface area contributed by atoms with Crippen molar-refractivity contribution < 1.29 is 24.2 Å². The molecular formula is C11H20N4O5. The number of nitrogens with one attached hydrogen (secondary N) is 3. The van der Waals surface area contributed by atoms with E-state index >= 15 is 0 Å². The van der Waals surface area contributed by atoms with Gasteiger partial charge in [-0.1, -0.05) is 0 Å². The van der Waals surface area contributed by atoms with Gasteiger partial charge in [-0.05, 0) is 0 Å². The van der Waals surface area contributed by atoms with Crippen LogP contribution in [0.2, 0.25) is 0 Å². The summed E-state index contributed by atoms with van der Waals surface area (Å²) >= 11 is 0. The predicted octanol–water partition coefficient (Wildman–Crippen LogP) is -1.34. The van der Waals surface area contributed by atoms with Crippen LogP contribution in [0.4, 0.5) is 9.59 Å². The number of nitrogens with zero attached hydrogens (tertiary/aromatic N) is 1. The summed E-state index contributed by atoms with van der Waals surface area (Å²) in [6.45, 7) is 0.811. The molecule has 0 bridgehead atoms. The van der Waals surface area contributed by atoms with Crippen LogP contribution in [-0.4, -0.2) is 74.5 Å². The quantitative estimate of drug-likeness (QED) is 0.467. The number of hydrogen-bond acceptors (Lipinski definition) is 4. The number of rotatable bonds is 5.